The summed E-state index contributed by atoms with van der Waals surface area (Å²) >= 11 is 0. The van der Waals surface area contributed by atoms with E-state index in [4.69, 9.17) is 4.74 Å². The first-order chi connectivity index (χ1) is 10.6. The van der Waals surface area contributed by atoms with Crippen molar-refractivity contribution >= 4 is 11.0 Å². The average molecular weight is 304 g/mol. The van der Waals surface area contributed by atoms with Crippen molar-refractivity contribution in [2.24, 2.45) is 0 Å². The van der Waals surface area contributed by atoms with Crippen LogP contribution in [0.2, 0.25) is 0 Å². The van der Waals surface area contributed by atoms with Crippen LogP contribution in [0.25, 0.3) is 16.7 Å². The molecule has 6 nitrogen and oxygen atoms in total. The normalized spacial score (nSPS) is 15.2. The summed E-state index contributed by atoms with van der Waals surface area (Å²) < 4.78 is 33.3. The molecule has 0 amide bonds. The van der Waals surface area contributed by atoms with Crippen LogP contribution in [0.3, 0.4) is 0 Å². The predicted octanol–water partition coefficient (Wildman–Crippen LogP) is 1.91. The van der Waals surface area contributed by atoms with Crippen molar-refractivity contribution in [3.05, 3.63) is 41.9 Å². The lowest BCUT2D eigenvalue weighted by Gasteiger charge is -2.24. The average Bonchev–Trinajstić information content (AvgIpc) is 2.81. The highest BCUT2D eigenvalue weighted by Crippen LogP contribution is 2.28. The zero-order valence-electron chi connectivity index (χ0n) is 11.2. The first-order valence-corrected chi connectivity index (χ1v) is 6.61. The van der Waals surface area contributed by atoms with Crippen molar-refractivity contribution in [1.29, 1.82) is 0 Å². The lowest BCUT2D eigenvalue weighted by atomic mass is 10.1. The number of benzene rings is 1. The maximum Gasteiger partial charge on any atom is 0.225 e. The third kappa shape index (κ3) is 1.92. The van der Waals surface area contributed by atoms with Gasteiger partial charge >= 0.3 is 0 Å². The first kappa shape index (κ1) is 13.1. The minimum atomic E-state index is -0.767. The Labute approximate surface area is 123 Å². The van der Waals surface area contributed by atoms with E-state index in [0.29, 0.717) is 24.4 Å². The van der Waals surface area contributed by atoms with E-state index in [-0.39, 0.29) is 23.1 Å². The molecular formula is C14H10F2N4O2. The van der Waals surface area contributed by atoms with Gasteiger partial charge in [-0.05, 0) is 12.1 Å². The van der Waals surface area contributed by atoms with Crippen molar-refractivity contribution < 1.29 is 18.6 Å². The maximum atomic E-state index is 14.0. The van der Waals surface area contributed by atoms with Crippen LogP contribution in [0.5, 0.6) is 5.88 Å². The third-order valence-corrected chi connectivity index (χ3v) is 3.57. The van der Waals surface area contributed by atoms with E-state index in [1.54, 1.807) is 0 Å². The largest absolute Gasteiger partial charge is 0.493 e. The molecule has 112 valence electrons. The van der Waals surface area contributed by atoms with Gasteiger partial charge < -0.3 is 9.84 Å². The molecule has 0 saturated carbocycles. The molecule has 1 saturated heterocycles. The Hall–Kier alpha value is -2.61. The number of fused-ring (bicyclic) bond motifs is 1. The van der Waals surface area contributed by atoms with Crippen LogP contribution in [0.4, 0.5) is 8.78 Å². The molecule has 0 atom stereocenters. The van der Waals surface area contributed by atoms with Gasteiger partial charge in [0, 0.05) is 6.07 Å². The number of nitrogens with zero attached hydrogens (tertiary/aromatic N) is 4. The van der Waals surface area contributed by atoms with Gasteiger partial charge in [0.25, 0.3) is 0 Å². The Kier molecular flexibility index (Phi) is 2.80. The zero-order chi connectivity index (χ0) is 15.3. The van der Waals surface area contributed by atoms with E-state index in [1.807, 2.05) is 0 Å². The summed E-state index contributed by atoms with van der Waals surface area (Å²) in [6.45, 7) is 0.952. The number of aromatic nitrogens is 4. The molecule has 1 aromatic carbocycles. The van der Waals surface area contributed by atoms with E-state index in [2.05, 4.69) is 15.1 Å². The van der Waals surface area contributed by atoms with E-state index >= 15 is 0 Å². The van der Waals surface area contributed by atoms with E-state index in [9.17, 15) is 13.9 Å². The summed E-state index contributed by atoms with van der Waals surface area (Å²) in [7, 11) is 0. The monoisotopic (exact) mass is 304 g/mol. The Balaban J connectivity index is 1.92. The van der Waals surface area contributed by atoms with Crippen LogP contribution >= 0.6 is 0 Å². The summed E-state index contributed by atoms with van der Waals surface area (Å²) in [4.78, 5) is 8.37. The minimum absolute atomic E-state index is 0.00304. The summed E-state index contributed by atoms with van der Waals surface area (Å²) in [6, 6.07) is 3.17. The molecule has 3 aromatic rings. The molecule has 0 spiro atoms. The van der Waals surface area contributed by atoms with Gasteiger partial charge in [0.2, 0.25) is 5.88 Å². The van der Waals surface area contributed by atoms with E-state index < -0.39 is 11.6 Å². The highest BCUT2D eigenvalue weighted by Gasteiger charge is 2.26. The number of ether oxygens (including phenoxy) is 1. The fraction of sp³-hybridized carbons (Fsp3) is 0.214. The predicted molar refractivity (Wildman–Crippen MR) is 71.8 cm³/mol. The van der Waals surface area contributed by atoms with Crippen molar-refractivity contribution in [3.8, 4) is 11.6 Å². The number of aromatic hydroxyl groups is 1. The smallest absolute Gasteiger partial charge is 0.225 e. The molecule has 3 heterocycles. The second kappa shape index (κ2) is 4.70. The summed E-state index contributed by atoms with van der Waals surface area (Å²) in [5.74, 6) is -1.25. The summed E-state index contributed by atoms with van der Waals surface area (Å²) in [6.07, 6.45) is 1.34. The highest BCUT2D eigenvalue weighted by atomic mass is 19.1. The number of halogens is 2. The molecule has 0 unspecified atom stereocenters. The standard InChI is InChI=1S/C14H10F2N4O2/c15-8-1-2-11(10(16)3-8)20-13-9(4-17-20)14(21)19-12(18-13)7-5-22-6-7/h1-4,7H,5-6H2,(H,18,19,21). The molecule has 1 aliphatic heterocycles. The van der Waals surface area contributed by atoms with Crippen LogP contribution in [0.15, 0.2) is 24.4 Å². The molecule has 8 heteroatoms. The minimum Gasteiger partial charge on any atom is -0.493 e. The Bertz CT molecular complexity index is 877. The maximum absolute atomic E-state index is 14.0. The lowest BCUT2D eigenvalue weighted by Crippen LogP contribution is -2.27. The number of hydrogen-bond donors (Lipinski definition) is 1. The van der Waals surface area contributed by atoms with Gasteiger partial charge in [0.05, 0.1) is 25.3 Å². The van der Waals surface area contributed by atoms with E-state index in [0.717, 1.165) is 12.1 Å². The Morgan fingerprint density at radius 2 is 2.05 bits per heavy atom. The van der Waals surface area contributed by atoms with Crippen molar-refractivity contribution in [2.75, 3.05) is 13.2 Å². The molecule has 0 bridgehead atoms. The molecule has 1 fully saturated rings. The van der Waals surface area contributed by atoms with Gasteiger partial charge in [0.1, 0.15) is 22.7 Å². The van der Waals surface area contributed by atoms with Crippen molar-refractivity contribution in [3.63, 3.8) is 0 Å². The molecule has 0 radical (unpaired) electrons. The van der Waals surface area contributed by atoms with Crippen LogP contribution in [-0.2, 0) is 4.74 Å². The number of hydrogen-bond acceptors (Lipinski definition) is 5. The van der Waals surface area contributed by atoms with E-state index in [1.165, 1.54) is 16.9 Å². The Morgan fingerprint density at radius 1 is 1.23 bits per heavy atom. The molecule has 22 heavy (non-hydrogen) atoms. The highest BCUT2D eigenvalue weighted by molar-refractivity contribution is 5.81. The van der Waals surface area contributed by atoms with Crippen LogP contribution in [-0.4, -0.2) is 38.1 Å². The Morgan fingerprint density at radius 3 is 2.73 bits per heavy atom. The van der Waals surface area contributed by atoms with Crippen LogP contribution in [0, 0.1) is 11.6 Å². The van der Waals surface area contributed by atoms with Gasteiger partial charge in [-0.1, -0.05) is 0 Å². The van der Waals surface area contributed by atoms with Gasteiger partial charge in [-0.25, -0.2) is 18.4 Å². The third-order valence-electron chi connectivity index (χ3n) is 3.57. The van der Waals surface area contributed by atoms with Gasteiger partial charge in [-0.15, -0.1) is 0 Å². The molecular weight excluding hydrogens is 294 g/mol. The molecule has 1 N–H and O–H groups in total. The molecule has 4 rings (SSSR count). The van der Waals surface area contributed by atoms with Gasteiger partial charge in [-0.2, -0.15) is 10.1 Å². The van der Waals surface area contributed by atoms with Crippen LogP contribution < -0.4 is 0 Å². The fourth-order valence-corrected chi connectivity index (χ4v) is 2.31. The van der Waals surface area contributed by atoms with Crippen LogP contribution in [0.1, 0.15) is 11.7 Å². The molecule has 1 aliphatic rings. The quantitative estimate of drug-likeness (QED) is 0.783. The molecule has 0 aliphatic carbocycles. The zero-order valence-corrected chi connectivity index (χ0v) is 11.2. The van der Waals surface area contributed by atoms with Crippen molar-refractivity contribution in [2.45, 2.75) is 5.92 Å². The SMILES string of the molecule is Oc1nc(C2COC2)nc2c1cnn2-c1ccc(F)cc1F. The lowest BCUT2D eigenvalue weighted by molar-refractivity contribution is 0.00480. The summed E-state index contributed by atoms with van der Waals surface area (Å²) in [5, 5.41) is 14.3. The van der Waals surface area contributed by atoms with Gasteiger partial charge in [0.15, 0.2) is 11.5 Å². The molecule has 2 aromatic heterocycles. The number of rotatable bonds is 2. The fourth-order valence-electron chi connectivity index (χ4n) is 2.31. The van der Waals surface area contributed by atoms with Crippen molar-refractivity contribution in [1.82, 2.24) is 19.7 Å². The first-order valence-electron chi connectivity index (χ1n) is 6.61. The summed E-state index contributed by atoms with van der Waals surface area (Å²) in [5.41, 5.74) is 0.310. The topological polar surface area (TPSA) is 73.1 Å². The van der Waals surface area contributed by atoms with Gasteiger partial charge in [-0.3, -0.25) is 0 Å². The second-order valence-electron chi connectivity index (χ2n) is 5.03. The second-order valence-corrected chi connectivity index (χ2v) is 5.03.